The van der Waals surface area contributed by atoms with Crippen molar-refractivity contribution >= 4 is 5.78 Å². The summed E-state index contributed by atoms with van der Waals surface area (Å²) in [6.45, 7) is 6.47. The number of ketones is 1. The third kappa shape index (κ3) is 2.90. The summed E-state index contributed by atoms with van der Waals surface area (Å²) in [6, 6.07) is 8.24. The van der Waals surface area contributed by atoms with Crippen molar-refractivity contribution in [2.24, 2.45) is 0 Å². The van der Waals surface area contributed by atoms with Crippen molar-refractivity contribution in [2.45, 2.75) is 52.4 Å². The maximum Gasteiger partial charge on any atom is 0.162 e. The Morgan fingerprint density at radius 3 is 2.39 bits per heavy atom. The second-order valence-electron chi connectivity index (χ2n) is 5.43. The zero-order valence-electron chi connectivity index (χ0n) is 11.6. The molecule has 1 heteroatoms. The summed E-state index contributed by atoms with van der Waals surface area (Å²) in [4.78, 5) is 11.9. The summed E-state index contributed by atoms with van der Waals surface area (Å²) in [5.41, 5.74) is 5.24. The molecule has 1 fully saturated rings. The number of hydrogen-bond acceptors (Lipinski definition) is 1. The number of rotatable bonds is 5. The molecule has 96 valence electrons. The van der Waals surface area contributed by atoms with Crippen molar-refractivity contribution in [1.29, 1.82) is 0 Å². The van der Waals surface area contributed by atoms with Crippen LogP contribution in [0.2, 0.25) is 0 Å². The number of allylic oxidation sites excluding steroid dienone is 2. The second kappa shape index (κ2) is 5.51. The summed E-state index contributed by atoms with van der Waals surface area (Å²) < 4.78 is 0. The van der Waals surface area contributed by atoms with Gasteiger partial charge in [0.2, 0.25) is 0 Å². The van der Waals surface area contributed by atoms with Crippen LogP contribution in [0, 0.1) is 0 Å². The van der Waals surface area contributed by atoms with E-state index in [4.69, 9.17) is 0 Å². The molecule has 1 aliphatic carbocycles. The fraction of sp³-hybridized carbons (Fsp3) is 0.471. The van der Waals surface area contributed by atoms with E-state index < -0.39 is 0 Å². The summed E-state index contributed by atoms with van der Waals surface area (Å²) in [7, 11) is 0. The van der Waals surface area contributed by atoms with Crippen molar-refractivity contribution in [3.63, 3.8) is 0 Å². The quantitative estimate of drug-likeness (QED) is 0.531. The molecule has 1 aromatic carbocycles. The standard InChI is InChI=1S/C17H22O/c1-4-5-6-17(18)14-9-7-13(8-10-14)16-11-15(16)12(2)3/h7-10,16H,4-6,11H2,1-3H3. The molecule has 2 rings (SSSR count). The zero-order chi connectivity index (χ0) is 13.1. The molecule has 1 unspecified atom stereocenters. The molecule has 1 aliphatic rings. The number of unbranched alkanes of at least 4 members (excludes halogenated alkanes) is 1. The first-order valence-corrected chi connectivity index (χ1v) is 6.93. The molecule has 0 aromatic heterocycles. The normalized spacial score (nSPS) is 17.7. The monoisotopic (exact) mass is 242 g/mol. The van der Waals surface area contributed by atoms with Crippen LogP contribution in [0.5, 0.6) is 0 Å². The van der Waals surface area contributed by atoms with Crippen LogP contribution in [0.1, 0.15) is 68.3 Å². The average Bonchev–Trinajstić information content (AvgIpc) is 3.16. The smallest absolute Gasteiger partial charge is 0.162 e. The first-order valence-electron chi connectivity index (χ1n) is 6.93. The van der Waals surface area contributed by atoms with Crippen LogP contribution in [0.25, 0.3) is 0 Å². The molecule has 0 bridgehead atoms. The van der Waals surface area contributed by atoms with Crippen molar-refractivity contribution in [2.75, 3.05) is 0 Å². The van der Waals surface area contributed by atoms with Crippen LogP contribution in [0.15, 0.2) is 35.4 Å². The Labute approximate surface area is 110 Å². The minimum atomic E-state index is 0.279. The van der Waals surface area contributed by atoms with Gasteiger partial charge in [0.05, 0.1) is 0 Å². The van der Waals surface area contributed by atoms with E-state index in [0.717, 1.165) is 18.4 Å². The largest absolute Gasteiger partial charge is 0.294 e. The predicted octanol–water partition coefficient (Wildman–Crippen LogP) is 4.88. The third-order valence-corrected chi connectivity index (χ3v) is 3.72. The van der Waals surface area contributed by atoms with E-state index in [1.165, 1.54) is 17.6 Å². The summed E-state index contributed by atoms with van der Waals surface area (Å²) in [6.07, 6.45) is 3.95. The first-order chi connectivity index (χ1) is 8.63. The van der Waals surface area contributed by atoms with Crippen LogP contribution in [-0.2, 0) is 0 Å². The van der Waals surface area contributed by atoms with Gasteiger partial charge in [-0.25, -0.2) is 0 Å². The lowest BCUT2D eigenvalue weighted by Crippen LogP contribution is -1.98. The van der Waals surface area contributed by atoms with Gasteiger partial charge in [0.15, 0.2) is 5.78 Å². The molecule has 1 nitrogen and oxygen atoms in total. The lowest BCUT2D eigenvalue weighted by Gasteiger charge is -2.02. The predicted molar refractivity (Wildman–Crippen MR) is 76.0 cm³/mol. The molecule has 0 spiro atoms. The van der Waals surface area contributed by atoms with Gasteiger partial charge in [-0.15, -0.1) is 0 Å². The van der Waals surface area contributed by atoms with Crippen LogP contribution in [0.3, 0.4) is 0 Å². The van der Waals surface area contributed by atoms with E-state index >= 15 is 0 Å². The summed E-state index contributed by atoms with van der Waals surface area (Å²) >= 11 is 0. The highest BCUT2D eigenvalue weighted by molar-refractivity contribution is 5.96. The van der Waals surface area contributed by atoms with E-state index in [1.54, 1.807) is 5.57 Å². The Bertz CT molecular complexity index is 461. The highest BCUT2D eigenvalue weighted by Gasteiger charge is 2.31. The van der Waals surface area contributed by atoms with Gasteiger partial charge >= 0.3 is 0 Å². The Morgan fingerprint density at radius 2 is 1.89 bits per heavy atom. The first kappa shape index (κ1) is 13.1. The average molecular weight is 242 g/mol. The van der Waals surface area contributed by atoms with Crippen molar-refractivity contribution in [1.82, 2.24) is 0 Å². The molecule has 1 saturated carbocycles. The highest BCUT2D eigenvalue weighted by Crippen LogP contribution is 2.48. The topological polar surface area (TPSA) is 17.1 Å². The number of Topliss-reactive ketones (excluding diaryl/α,β-unsaturated/α-hetero) is 1. The van der Waals surface area contributed by atoms with E-state index in [9.17, 15) is 4.79 Å². The van der Waals surface area contributed by atoms with Gasteiger partial charge in [-0.1, -0.05) is 48.8 Å². The van der Waals surface area contributed by atoms with E-state index in [-0.39, 0.29) is 5.78 Å². The molecule has 0 radical (unpaired) electrons. The van der Waals surface area contributed by atoms with Crippen molar-refractivity contribution < 1.29 is 4.79 Å². The fourth-order valence-electron chi connectivity index (χ4n) is 2.42. The maximum absolute atomic E-state index is 11.9. The van der Waals surface area contributed by atoms with E-state index in [0.29, 0.717) is 12.3 Å². The van der Waals surface area contributed by atoms with Gasteiger partial charge in [-0.3, -0.25) is 4.79 Å². The summed E-state index contributed by atoms with van der Waals surface area (Å²) in [5.74, 6) is 0.899. The van der Waals surface area contributed by atoms with E-state index in [2.05, 4.69) is 32.9 Å². The van der Waals surface area contributed by atoms with Gasteiger partial charge in [0, 0.05) is 17.9 Å². The number of carbonyl (C=O) groups is 1. The van der Waals surface area contributed by atoms with Gasteiger partial charge in [-0.05, 0) is 32.3 Å². The zero-order valence-corrected chi connectivity index (χ0v) is 11.6. The van der Waals surface area contributed by atoms with Gasteiger partial charge in [-0.2, -0.15) is 0 Å². The number of benzene rings is 1. The lowest BCUT2D eigenvalue weighted by molar-refractivity contribution is 0.0980. The molecule has 0 heterocycles. The SMILES string of the molecule is CCCCC(=O)c1ccc(C2CC2=C(C)C)cc1. The van der Waals surface area contributed by atoms with Crippen LogP contribution in [0.4, 0.5) is 0 Å². The molecular formula is C17H22O. The molecule has 0 aliphatic heterocycles. The minimum Gasteiger partial charge on any atom is -0.294 e. The summed E-state index contributed by atoms with van der Waals surface area (Å²) in [5, 5.41) is 0. The lowest BCUT2D eigenvalue weighted by atomic mass is 10.0. The second-order valence-corrected chi connectivity index (χ2v) is 5.43. The van der Waals surface area contributed by atoms with Gasteiger partial charge < -0.3 is 0 Å². The fourth-order valence-corrected chi connectivity index (χ4v) is 2.42. The molecule has 0 N–H and O–H groups in total. The Morgan fingerprint density at radius 1 is 1.22 bits per heavy atom. The molecule has 0 amide bonds. The number of carbonyl (C=O) groups excluding carboxylic acids is 1. The molecule has 18 heavy (non-hydrogen) atoms. The van der Waals surface area contributed by atoms with Crippen LogP contribution in [-0.4, -0.2) is 5.78 Å². The van der Waals surface area contributed by atoms with Gasteiger partial charge in [0.25, 0.3) is 0 Å². The van der Waals surface area contributed by atoms with Gasteiger partial charge in [0.1, 0.15) is 0 Å². The molecule has 0 saturated heterocycles. The minimum absolute atomic E-state index is 0.279. The maximum atomic E-state index is 11.9. The molecule has 1 aromatic rings. The molecular weight excluding hydrogens is 220 g/mol. The van der Waals surface area contributed by atoms with Crippen molar-refractivity contribution in [3.05, 3.63) is 46.5 Å². The number of hydrogen-bond donors (Lipinski definition) is 0. The highest BCUT2D eigenvalue weighted by atomic mass is 16.1. The Balaban J connectivity index is 2.03. The molecule has 1 atom stereocenters. The Kier molecular flexibility index (Phi) is 4.00. The van der Waals surface area contributed by atoms with Crippen LogP contribution < -0.4 is 0 Å². The van der Waals surface area contributed by atoms with E-state index in [1.807, 2.05) is 12.1 Å². The van der Waals surface area contributed by atoms with Crippen LogP contribution >= 0.6 is 0 Å². The Hall–Kier alpha value is -1.37. The third-order valence-electron chi connectivity index (χ3n) is 3.72. The van der Waals surface area contributed by atoms with Crippen molar-refractivity contribution in [3.8, 4) is 0 Å².